The molecule has 124 valence electrons. The maximum Gasteiger partial charge on any atom is 0.308 e. The zero-order valence-corrected chi connectivity index (χ0v) is 15.7. The molecule has 0 heterocycles. The highest BCUT2D eigenvalue weighted by Crippen LogP contribution is 2.39. The summed E-state index contributed by atoms with van der Waals surface area (Å²) >= 11 is 0. The molecule has 21 heavy (non-hydrogen) atoms. The maximum atomic E-state index is 11.4. The van der Waals surface area contributed by atoms with E-state index in [-0.39, 0.29) is 11.0 Å². The highest BCUT2D eigenvalue weighted by molar-refractivity contribution is 6.74. The first-order chi connectivity index (χ1) is 9.35. The second kappa shape index (κ2) is 7.56. The van der Waals surface area contributed by atoms with Gasteiger partial charge in [-0.25, -0.2) is 0 Å². The monoisotopic (exact) mass is 316 g/mol. The molecule has 0 aromatic carbocycles. The lowest BCUT2D eigenvalue weighted by Crippen LogP contribution is -2.50. The average molecular weight is 317 g/mol. The van der Waals surface area contributed by atoms with Gasteiger partial charge < -0.3 is 14.6 Å². The zero-order valence-electron chi connectivity index (χ0n) is 14.7. The molecule has 0 rings (SSSR count). The van der Waals surface area contributed by atoms with E-state index >= 15 is 0 Å². The summed E-state index contributed by atoms with van der Waals surface area (Å²) in [6.45, 7) is 15.9. The topological polar surface area (TPSA) is 66.8 Å². The third kappa shape index (κ3) is 5.56. The van der Waals surface area contributed by atoms with Crippen molar-refractivity contribution in [2.45, 2.75) is 71.9 Å². The maximum absolute atomic E-state index is 11.4. The summed E-state index contributed by atoms with van der Waals surface area (Å²) < 4.78 is 6.32. The summed E-state index contributed by atoms with van der Waals surface area (Å²) in [5.74, 6) is -1.83. The third-order valence-electron chi connectivity index (χ3n) is 4.57. The largest absolute Gasteiger partial charge is 0.481 e. The van der Waals surface area contributed by atoms with Crippen molar-refractivity contribution < 1.29 is 19.4 Å². The molecule has 0 aliphatic heterocycles. The summed E-state index contributed by atoms with van der Waals surface area (Å²) in [4.78, 5) is 11.4. The van der Waals surface area contributed by atoms with Crippen LogP contribution in [0.5, 0.6) is 0 Å². The van der Waals surface area contributed by atoms with E-state index in [4.69, 9.17) is 4.43 Å². The summed E-state index contributed by atoms with van der Waals surface area (Å²) in [6.07, 6.45) is 2.25. The van der Waals surface area contributed by atoms with Crippen LogP contribution in [0.1, 0.15) is 41.5 Å². The Hall–Kier alpha value is -0.653. The number of aliphatic hydroxyl groups is 1. The molecule has 0 amide bonds. The number of carboxylic acid groups (broad SMARTS) is 1. The molecule has 0 bridgehead atoms. The van der Waals surface area contributed by atoms with Gasteiger partial charge in [-0.3, -0.25) is 4.79 Å². The van der Waals surface area contributed by atoms with Crippen LogP contribution in [0.4, 0.5) is 0 Å². The van der Waals surface area contributed by atoms with Crippen molar-refractivity contribution >= 4 is 14.3 Å². The highest BCUT2D eigenvalue weighted by Gasteiger charge is 2.43. The molecule has 0 aliphatic rings. The molecule has 0 aromatic heterocycles. The van der Waals surface area contributed by atoms with Crippen LogP contribution in [-0.2, 0) is 9.22 Å². The number of allylic oxidation sites excluding steroid dienone is 1. The van der Waals surface area contributed by atoms with E-state index in [1.54, 1.807) is 19.1 Å². The van der Waals surface area contributed by atoms with Crippen LogP contribution in [0, 0.1) is 11.8 Å². The van der Waals surface area contributed by atoms with E-state index in [9.17, 15) is 15.0 Å². The molecule has 0 fully saturated rings. The van der Waals surface area contributed by atoms with Crippen molar-refractivity contribution in [3.8, 4) is 0 Å². The van der Waals surface area contributed by atoms with Crippen LogP contribution in [0.2, 0.25) is 18.1 Å². The van der Waals surface area contributed by atoms with Crippen molar-refractivity contribution in [3.05, 3.63) is 12.2 Å². The fourth-order valence-electron chi connectivity index (χ4n) is 1.89. The molecule has 4 atom stereocenters. The predicted octanol–water partition coefficient (Wildman–Crippen LogP) is 3.67. The Balaban J connectivity index is 5.40. The summed E-state index contributed by atoms with van der Waals surface area (Å²) in [5.41, 5.74) is 0. The number of carbonyl (C=O) groups is 1. The van der Waals surface area contributed by atoms with Gasteiger partial charge in [-0.1, -0.05) is 39.8 Å². The molecule has 2 N–H and O–H groups in total. The average Bonchev–Trinajstić information content (AvgIpc) is 2.33. The van der Waals surface area contributed by atoms with Crippen LogP contribution < -0.4 is 0 Å². The van der Waals surface area contributed by atoms with Crippen LogP contribution >= 0.6 is 0 Å². The number of hydrogen-bond acceptors (Lipinski definition) is 3. The second-order valence-corrected chi connectivity index (χ2v) is 12.1. The van der Waals surface area contributed by atoms with Gasteiger partial charge >= 0.3 is 5.97 Å². The highest BCUT2D eigenvalue weighted by atomic mass is 28.4. The first kappa shape index (κ1) is 20.3. The van der Waals surface area contributed by atoms with Gasteiger partial charge in [0.15, 0.2) is 8.32 Å². The molecule has 4 nitrogen and oxygen atoms in total. The lowest BCUT2D eigenvalue weighted by molar-refractivity contribution is -0.146. The summed E-state index contributed by atoms with van der Waals surface area (Å²) in [7, 11) is -2.11. The number of aliphatic carboxylic acids is 1. The van der Waals surface area contributed by atoms with Crippen LogP contribution in [0.15, 0.2) is 12.2 Å². The number of rotatable bonds is 7. The van der Waals surface area contributed by atoms with Gasteiger partial charge in [-0.05, 0) is 32.0 Å². The summed E-state index contributed by atoms with van der Waals surface area (Å²) in [5, 5.41) is 19.5. The third-order valence-corrected chi connectivity index (χ3v) is 9.04. The Bertz CT molecular complexity index is 371. The van der Waals surface area contributed by atoms with E-state index in [1.807, 2.05) is 13.8 Å². The summed E-state index contributed by atoms with van der Waals surface area (Å²) in [6, 6.07) is 0. The standard InChI is InChI=1S/C16H32O4Si/c1-9-10-13(17)11(2)14(12(3)15(18)19)20-21(7,8)16(4,5)6/h9-14,17H,1-8H3,(H,18,19)/t11?,12?,13-,14+/m1/s1. The Morgan fingerprint density at radius 2 is 1.71 bits per heavy atom. The minimum Gasteiger partial charge on any atom is -0.481 e. The van der Waals surface area contributed by atoms with E-state index in [0.717, 1.165) is 0 Å². The molecule has 0 aliphatic carbocycles. The van der Waals surface area contributed by atoms with E-state index in [0.29, 0.717) is 0 Å². The van der Waals surface area contributed by atoms with Crippen molar-refractivity contribution in [1.29, 1.82) is 0 Å². The van der Waals surface area contributed by atoms with Crippen LogP contribution in [-0.4, -0.2) is 36.7 Å². The van der Waals surface area contributed by atoms with Crippen molar-refractivity contribution in [3.63, 3.8) is 0 Å². The van der Waals surface area contributed by atoms with Gasteiger partial charge in [0.1, 0.15) is 0 Å². The van der Waals surface area contributed by atoms with E-state index in [2.05, 4.69) is 33.9 Å². The zero-order chi connectivity index (χ0) is 17.0. The molecule has 0 saturated heterocycles. The van der Waals surface area contributed by atoms with Gasteiger partial charge in [0.05, 0.1) is 18.1 Å². The SMILES string of the molecule is CC=C[C@@H](O)C(C)[C@H](O[Si](C)(C)C(C)(C)C)C(C)C(=O)O. The lowest BCUT2D eigenvalue weighted by Gasteiger charge is -2.42. The molecular weight excluding hydrogens is 284 g/mol. The fourth-order valence-corrected chi connectivity index (χ4v) is 3.34. The number of carboxylic acids is 1. The van der Waals surface area contributed by atoms with E-state index in [1.165, 1.54) is 0 Å². The van der Waals surface area contributed by atoms with Gasteiger partial charge in [0, 0.05) is 5.92 Å². The molecule has 0 saturated carbocycles. The number of aliphatic hydroxyl groups excluding tert-OH is 1. The van der Waals surface area contributed by atoms with Crippen molar-refractivity contribution in [2.75, 3.05) is 0 Å². The molecule has 0 aromatic rings. The molecular formula is C16H32O4Si. The Labute approximate surface area is 130 Å². The van der Waals surface area contributed by atoms with Gasteiger partial charge in [0.2, 0.25) is 0 Å². The Kier molecular flexibility index (Phi) is 7.33. The molecule has 2 unspecified atom stereocenters. The smallest absolute Gasteiger partial charge is 0.308 e. The van der Waals surface area contributed by atoms with Crippen molar-refractivity contribution in [1.82, 2.24) is 0 Å². The number of hydrogen-bond donors (Lipinski definition) is 2. The van der Waals surface area contributed by atoms with Crippen LogP contribution in [0.3, 0.4) is 0 Å². The van der Waals surface area contributed by atoms with E-state index < -0.39 is 32.4 Å². The molecule has 0 spiro atoms. The van der Waals surface area contributed by atoms with Gasteiger partial charge in [-0.15, -0.1) is 0 Å². The Morgan fingerprint density at radius 3 is 2.05 bits per heavy atom. The fraction of sp³-hybridized carbons (Fsp3) is 0.812. The van der Waals surface area contributed by atoms with Crippen molar-refractivity contribution in [2.24, 2.45) is 11.8 Å². The second-order valence-electron chi connectivity index (χ2n) is 7.35. The quantitative estimate of drug-likeness (QED) is 0.555. The van der Waals surface area contributed by atoms with Crippen LogP contribution in [0.25, 0.3) is 0 Å². The predicted molar refractivity (Wildman–Crippen MR) is 88.9 cm³/mol. The first-order valence-corrected chi connectivity index (χ1v) is 10.5. The molecule has 0 radical (unpaired) electrons. The minimum atomic E-state index is -2.11. The normalized spacial score (nSPS) is 19.3. The first-order valence-electron chi connectivity index (χ1n) is 7.56. The van der Waals surface area contributed by atoms with Gasteiger partial charge in [-0.2, -0.15) is 0 Å². The lowest BCUT2D eigenvalue weighted by atomic mass is 9.89. The molecule has 5 heteroatoms. The Morgan fingerprint density at radius 1 is 1.24 bits per heavy atom. The minimum absolute atomic E-state index is 0.00522. The van der Waals surface area contributed by atoms with Gasteiger partial charge in [0.25, 0.3) is 0 Å².